The molecule has 0 spiro atoms. The van der Waals surface area contributed by atoms with Crippen LogP contribution in [-0.4, -0.2) is 46.8 Å². The molecule has 3 aliphatic rings. The van der Waals surface area contributed by atoms with E-state index >= 15 is 0 Å². The Labute approximate surface area is 121 Å². The van der Waals surface area contributed by atoms with E-state index in [0.717, 1.165) is 51.5 Å². The lowest BCUT2D eigenvalue weighted by molar-refractivity contribution is -0.145. The zero-order valence-corrected chi connectivity index (χ0v) is 12.5. The first-order valence-electron chi connectivity index (χ1n) is 8.31. The maximum atomic E-state index is 12.7. The molecule has 2 saturated heterocycles. The second-order valence-electron chi connectivity index (χ2n) is 6.77. The van der Waals surface area contributed by atoms with Crippen molar-refractivity contribution in [3.05, 3.63) is 0 Å². The second kappa shape index (κ2) is 6.02. The largest absolute Gasteiger partial charge is 0.393 e. The minimum Gasteiger partial charge on any atom is -0.393 e. The third-order valence-electron chi connectivity index (χ3n) is 5.37. The van der Waals surface area contributed by atoms with Crippen molar-refractivity contribution in [3.8, 4) is 0 Å². The van der Waals surface area contributed by atoms with Gasteiger partial charge in [0.1, 0.15) is 6.10 Å². The highest BCUT2D eigenvalue weighted by molar-refractivity contribution is 5.81. The van der Waals surface area contributed by atoms with Crippen LogP contribution in [0.4, 0.5) is 0 Å². The zero-order chi connectivity index (χ0) is 14.1. The summed E-state index contributed by atoms with van der Waals surface area (Å²) in [5, 5.41) is 10.3. The molecule has 1 N–H and O–H groups in total. The number of aliphatic hydroxyl groups is 1. The normalized spacial score (nSPS) is 42.1. The maximum absolute atomic E-state index is 12.7. The topological polar surface area (TPSA) is 49.8 Å². The number of hydrogen-bond donors (Lipinski definition) is 1. The molecular weight excluding hydrogens is 254 g/mol. The molecule has 1 amide bonds. The number of likely N-dealkylation sites (tertiary alicyclic amines) is 1. The van der Waals surface area contributed by atoms with Crippen LogP contribution in [0.3, 0.4) is 0 Å². The predicted octanol–water partition coefficient (Wildman–Crippen LogP) is 2.10. The van der Waals surface area contributed by atoms with Gasteiger partial charge in [-0.1, -0.05) is 12.8 Å². The number of nitrogens with zero attached hydrogens (tertiary/aromatic N) is 1. The van der Waals surface area contributed by atoms with Crippen molar-refractivity contribution >= 4 is 5.91 Å². The molecule has 0 aromatic heterocycles. The summed E-state index contributed by atoms with van der Waals surface area (Å²) >= 11 is 0. The lowest BCUT2D eigenvalue weighted by Crippen LogP contribution is -2.48. The van der Waals surface area contributed by atoms with Crippen molar-refractivity contribution < 1.29 is 14.6 Å². The number of aliphatic hydroxyl groups excluding tert-OH is 1. The van der Waals surface area contributed by atoms with Crippen LogP contribution in [-0.2, 0) is 9.53 Å². The molecule has 2 heterocycles. The van der Waals surface area contributed by atoms with Crippen LogP contribution < -0.4 is 0 Å². The van der Waals surface area contributed by atoms with Gasteiger partial charge in [0.25, 0.3) is 5.91 Å². The molecule has 1 aliphatic carbocycles. The van der Waals surface area contributed by atoms with Gasteiger partial charge >= 0.3 is 0 Å². The van der Waals surface area contributed by atoms with Crippen molar-refractivity contribution in [1.82, 2.24) is 4.90 Å². The van der Waals surface area contributed by atoms with Crippen LogP contribution in [0.25, 0.3) is 0 Å². The first kappa shape index (κ1) is 14.3. The lowest BCUT2D eigenvalue weighted by Gasteiger charge is -2.38. The third-order valence-corrected chi connectivity index (χ3v) is 5.37. The minimum atomic E-state index is -0.230. The van der Waals surface area contributed by atoms with Crippen LogP contribution in [0.15, 0.2) is 0 Å². The molecule has 114 valence electrons. The highest BCUT2D eigenvalue weighted by Gasteiger charge is 2.42. The summed E-state index contributed by atoms with van der Waals surface area (Å²) in [6, 6.07) is 0.248. The van der Waals surface area contributed by atoms with Gasteiger partial charge in [-0.3, -0.25) is 4.79 Å². The Hall–Kier alpha value is -0.610. The smallest absolute Gasteiger partial charge is 0.251 e. The van der Waals surface area contributed by atoms with Gasteiger partial charge in [0.15, 0.2) is 0 Å². The van der Waals surface area contributed by atoms with Crippen LogP contribution in [0.2, 0.25) is 0 Å². The van der Waals surface area contributed by atoms with Crippen LogP contribution >= 0.6 is 0 Å². The highest BCUT2D eigenvalue weighted by atomic mass is 16.5. The maximum Gasteiger partial charge on any atom is 0.251 e. The first-order chi connectivity index (χ1) is 9.66. The van der Waals surface area contributed by atoms with Gasteiger partial charge in [-0.2, -0.15) is 0 Å². The minimum absolute atomic E-state index is 0.176. The van der Waals surface area contributed by atoms with E-state index in [-0.39, 0.29) is 36.2 Å². The molecule has 5 unspecified atom stereocenters. The predicted molar refractivity (Wildman–Crippen MR) is 76.3 cm³/mol. The molecule has 0 radical (unpaired) electrons. The summed E-state index contributed by atoms with van der Waals surface area (Å²) in [5.41, 5.74) is 0. The van der Waals surface area contributed by atoms with Gasteiger partial charge in [-0.15, -0.1) is 0 Å². The Balaban J connectivity index is 1.67. The fourth-order valence-corrected chi connectivity index (χ4v) is 4.27. The molecular formula is C16H27NO3. The monoisotopic (exact) mass is 281 g/mol. The van der Waals surface area contributed by atoms with Gasteiger partial charge in [0.05, 0.1) is 12.2 Å². The summed E-state index contributed by atoms with van der Waals surface area (Å²) < 4.78 is 5.74. The number of rotatable bonds is 2. The molecule has 1 saturated carbocycles. The van der Waals surface area contributed by atoms with Gasteiger partial charge in [-0.05, 0) is 45.4 Å². The zero-order valence-electron chi connectivity index (χ0n) is 12.5. The van der Waals surface area contributed by atoms with E-state index in [9.17, 15) is 9.90 Å². The second-order valence-corrected chi connectivity index (χ2v) is 6.77. The molecule has 3 rings (SSSR count). The average Bonchev–Trinajstić information content (AvgIpc) is 3.07. The summed E-state index contributed by atoms with van der Waals surface area (Å²) in [4.78, 5) is 14.7. The molecule has 0 aromatic rings. The molecule has 5 atom stereocenters. The van der Waals surface area contributed by atoms with Crippen LogP contribution in [0, 0.1) is 5.92 Å². The van der Waals surface area contributed by atoms with Crippen LogP contribution in [0.5, 0.6) is 0 Å². The standard InChI is InChI=1S/C16H27NO3/c1-11-8-9-15(20-11)16(19)17-10-4-6-13(17)12-5-2-3-7-14(12)18/h11-15,18H,2-10H2,1H3. The van der Waals surface area contributed by atoms with Gasteiger partial charge in [0.2, 0.25) is 0 Å². The van der Waals surface area contributed by atoms with E-state index in [0.29, 0.717) is 0 Å². The number of ether oxygens (including phenoxy) is 1. The first-order valence-corrected chi connectivity index (χ1v) is 8.31. The fraction of sp³-hybridized carbons (Fsp3) is 0.938. The van der Waals surface area contributed by atoms with Crippen molar-refractivity contribution in [2.24, 2.45) is 5.92 Å². The van der Waals surface area contributed by atoms with E-state index in [1.807, 2.05) is 11.8 Å². The number of carbonyl (C=O) groups is 1. The van der Waals surface area contributed by atoms with Gasteiger partial charge in [-0.25, -0.2) is 0 Å². The van der Waals surface area contributed by atoms with Crippen LogP contribution in [0.1, 0.15) is 58.3 Å². The number of carbonyl (C=O) groups excluding carboxylic acids is 1. The highest BCUT2D eigenvalue weighted by Crippen LogP contribution is 2.35. The van der Waals surface area contributed by atoms with Crippen molar-refractivity contribution in [2.75, 3.05) is 6.54 Å². The Morgan fingerprint density at radius 3 is 2.60 bits per heavy atom. The number of amides is 1. The average molecular weight is 281 g/mol. The van der Waals surface area contributed by atoms with E-state index < -0.39 is 0 Å². The van der Waals surface area contributed by atoms with E-state index in [2.05, 4.69) is 0 Å². The molecule has 2 aliphatic heterocycles. The van der Waals surface area contributed by atoms with Crippen molar-refractivity contribution in [2.45, 2.75) is 82.6 Å². The molecule has 4 nitrogen and oxygen atoms in total. The third kappa shape index (κ3) is 2.73. The lowest BCUT2D eigenvalue weighted by atomic mass is 9.80. The molecule has 0 aromatic carbocycles. The van der Waals surface area contributed by atoms with E-state index in [1.165, 1.54) is 6.42 Å². The van der Waals surface area contributed by atoms with Gasteiger partial charge in [0, 0.05) is 18.5 Å². The van der Waals surface area contributed by atoms with E-state index in [4.69, 9.17) is 4.74 Å². The van der Waals surface area contributed by atoms with Crippen molar-refractivity contribution in [3.63, 3.8) is 0 Å². The SMILES string of the molecule is CC1CCC(C(=O)N2CCCC2C2CCCCC2O)O1. The quantitative estimate of drug-likeness (QED) is 0.843. The van der Waals surface area contributed by atoms with Gasteiger partial charge < -0.3 is 14.7 Å². The summed E-state index contributed by atoms with van der Waals surface area (Å²) in [6.45, 7) is 2.89. The molecule has 20 heavy (non-hydrogen) atoms. The fourth-order valence-electron chi connectivity index (χ4n) is 4.27. The molecule has 3 fully saturated rings. The Morgan fingerprint density at radius 1 is 1.10 bits per heavy atom. The molecule has 4 heteroatoms. The Kier molecular flexibility index (Phi) is 4.32. The van der Waals surface area contributed by atoms with E-state index in [1.54, 1.807) is 0 Å². The molecule has 0 bridgehead atoms. The Bertz CT molecular complexity index is 360. The summed E-state index contributed by atoms with van der Waals surface area (Å²) in [5.74, 6) is 0.462. The van der Waals surface area contributed by atoms with Crippen molar-refractivity contribution in [1.29, 1.82) is 0 Å². The number of hydrogen-bond acceptors (Lipinski definition) is 3. The Morgan fingerprint density at radius 2 is 1.90 bits per heavy atom. The summed E-state index contributed by atoms with van der Waals surface area (Å²) in [6.07, 6.45) is 8.02. The summed E-state index contributed by atoms with van der Waals surface area (Å²) in [7, 11) is 0.